The van der Waals surface area contributed by atoms with Crippen molar-refractivity contribution in [1.82, 2.24) is 20.1 Å². The molecule has 8 heteroatoms. The van der Waals surface area contributed by atoms with Crippen LogP contribution in [0.1, 0.15) is 31.4 Å². The zero-order chi connectivity index (χ0) is 18.1. The summed E-state index contributed by atoms with van der Waals surface area (Å²) in [4.78, 5) is 18.6. The summed E-state index contributed by atoms with van der Waals surface area (Å²) < 4.78 is 10.9. The standard InChI is InChI=1S/C18H23N5O3/c1-12-3-4-13(15(20-12)25-2)16-21-22-17(26-16)19-11-14(24)23-9-7-18(5-6-18)8-10-23/h3-4H,5-11H2,1-2H3,(H,19,22). The molecule has 1 spiro atoms. The minimum atomic E-state index is 0.0647. The minimum absolute atomic E-state index is 0.0647. The number of likely N-dealkylation sites (tertiary alicyclic amines) is 1. The van der Waals surface area contributed by atoms with Gasteiger partial charge < -0.3 is 19.4 Å². The number of methoxy groups -OCH3 is 1. The number of carbonyl (C=O) groups excluding carboxylic acids is 1. The molecule has 2 aromatic rings. The Bertz CT molecular complexity index is 805. The number of nitrogens with one attached hydrogen (secondary N) is 1. The average Bonchev–Trinajstić information content (AvgIpc) is 3.24. The van der Waals surface area contributed by atoms with Crippen molar-refractivity contribution in [2.45, 2.75) is 32.6 Å². The Morgan fingerprint density at radius 2 is 2.04 bits per heavy atom. The van der Waals surface area contributed by atoms with E-state index in [-0.39, 0.29) is 18.5 Å². The Hall–Kier alpha value is -2.64. The molecule has 1 N–H and O–H groups in total. The molecule has 0 radical (unpaired) electrons. The van der Waals surface area contributed by atoms with E-state index in [9.17, 15) is 4.79 Å². The Labute approximate surface area is 151 Å². The molecule has 2 fully saturated rings. The van der Waals surface area contributed by atoms with Crippen LogP contribution in [0.3, 0.4) is 0 Å². The number of aromatic nitrogens is 3. The third-order valence-corrected chi connectivity index (χ3v) is 5.37. The molecule has 1 amide bonds. The summed E-state index contributed by atoms with van der Waals surface area (Å²) in [6, 6.07) is 3.89. The molecule has 8 nitrogen and oxygen atoms in total. The van der Waals surface area contributed by atoms with Gasteiger partial charge in [-0.05, 0) is 50.2 Å². The molecule has 4 rings (SSSR count). The number of aryl methyl sites for hydroxylation is 1. The Balaban J connectivity index is 1.36. The summed E-state index contributed by atoms with van der Waals surface area (Å²) in [5.41, 5.74) is 2.02. The number of amides is 1. The van der Waals surface area contributed by atoms with Gasteiger partial charge in [-0.15, -0.1) is 5.10 Å². The van der Waals surface area contributed by atoms with Crippen LogP contribution in [0.25, 0.3) is 11.5 Å². The number of pyridine rings is 1. The van der Waals surface area contributed by atoms with Gasteiger partial charge in [0.1, 0.15) is 5.56 Å². The van der Waals surface area contributed by atoms with Crippen LogP contribution >= 0.6 is 0 Å². The molecule has 0 bridgehead atoms. The molecular formula is C18H23N5O3. The fourth-order valence-corrected chi connectivity index (χ4v) is 3.43. The van der Waals surface area contributed by atoms with E-state index in [4.69, 9.17) is 9.15 Å². The highest BCUT2D eigenvalue weighted by Gasteiger charge is 2.44. The highest BCUT2D eigenvalue weighted by atomic mass is 16.5. The molecule has 2 aromatic heterocycles. The van der Waals surface area contributed by atoms with Gasteiger partial charge in [-0.2, -0.15) is 0 Å². The molecule has 0 aromatic carbocycles. The van der Waals surface area contributed by atoms with E-state index in [1.165, 1.54) is 12.8 Å². The van der Waals surface area contributed by atoms with E-state index in [1.54, 1.807) is 7.11 Å². The Kier molecular flexibility index (Phi) is 4.26. The molecule has 1 aliphatic carbocycles. The molecule has 26 heavy (non-hydrogen) atoms. The maximum Gasteiger partial charge on any atom is 0.316 e. The van der Waals surface area contributed by atoms with Crippen molar-refractivity contribution in [1.29, 1.82) is 0 Å². The van der Waals surface area contributed by atoms with Gasteiger partial charge in [0.15, 0.2) is 0 Å². The van der Waals surface area contributed by atoms with Crippen molar-refractivity contribution >= 4 is 11.9 Å². The van der Waals surface area contributed by atoms with Crippen molar-refractivity contribution in [2.24, 2.45) is 5.41 Å². The lowest BCUT2D eigenvalue weighted by Crippen LogP contribution is -2.41. The second kappa shape index (κ2) is 6.59. The first-order chi connectivity index (χ1) is 12.6. The SMILES string of the molecule is COc1nc(C)ccc1-c1nnc(NCC(=O)N2CCC3(CC2)CC3)o1. The first-order valence-electron chi connectivity index (χ1n) is 8.96. The van der Waals surface area contributed by atoms with Crippen LogP contribution in [-0.2, 0) is 4.79 Å². The van der Waals surface area contributed by atoms with Gasteiger partial charge in [-0.3, -0.25) is 4.79 Å². The smallest absolute Gasteiger partial charge is 0.316 e. The lowest BCUT2D eigenvalue weighted by molar-refractivity contribution is -0.130. The van der Waals surface area contributed by atoms with Gasteiger partial charge in [-0.25, -0.2) is 4.98 Å². The van der Waals surface area contributed by atoms with Crippen molar-refractivity contribution in [3.05, 3.63) is 17.8 Å². The van der Waals surface area contributed by atoms with E-state index in [1.807, 2.05) is 24.0 Å². The van der Waals surface area contributed by atoms with E-state index in [2.05, 4.69) is 20.5 Å². The average molecular weight is 357 g/mol. The highest BCUT2D eigenvalue weighted by molar-refractivity contribution is 5.80. The third kappa shape index (κ3) is 3.36. The van der Waals surface area contributed by atoms with Crippen LogP contribution in [0.5, 0.6) is 5.88 Å². The zero-order valence-corrected chi connectivity index (χ0v) is 15.1. The van der Waals surface area contributed by atoms with Crippen LogP contribution in [0.15, 0.2) is 16.5 Å². The maximum absolute atomic E-state index is 12.4. The van der Waals surface area contributed by atoms with Crippen molar-refractivity contribution in [3.63, 3.8) is 0 Å². The quantitative estimate of drug-likeness (QED) is 0.877. The topological polar surface area (TPSA) is 93.4 Å². The Morgan fingerprint density at radius 1 is 1.27 bits per heavy atom. The molecule has 1 saturated carbocycles. The van der Waals surface area contributed by atoms with Gasteiger partial charge in [0.25, 0.3) is 5.89 Å². The van der Waals surface area contributed by atoms with Crippen LogP contribution < -0.4 is 10.1 Å². The highest BCUT2D eigenvalue weighted by Crippen LogP contribution is 2.53. The number of ether oxygens (including phenoxy) is 1. The van der Waals surface area contributed by atoms with Crippen molar-refractivity contribution < 1.29 is 13.9 Å². The summed E-state index contributed by atoms with van der Waals surface area (Å²) in [6.07, 6.45) is 4.91. The number of rotatable bonds is 5. The van der Waals surface area contributed by atoms with E-state index in [0.29, 0.717) is 22.7 Å². The molecular weight excluding hydrogens is 334 g/mol. The number of anilines is 1. The summed E-state index contributed by atoms with van der Waals surface area (Å²) in [5.74, 6) is 0.798. The lowest BCUT2D eigenvalue weighted by atomic mass is 9.94. The van der Waals surface area contributed by atoms with Crippen LogP contribution in [0, 0.1) is 12.3 Å². The van der Waals surface area contributed by atoms with Gasteiger partial charge in [-0.1, -0.05) is 5.10 Å². The van der Waals surface area contributed by atoms with Gasteiger partial charge >= 0.3 is 6.01 Å². The maximum atomic E-state index is 12.4. The largest absolute Gasteiger partial charge is 0.480 e. The normalized spacial score (nSPS) is 18.0. The van der Waals surface area contributed by atoms with Gasteiger partial charge in [0.2, 0.25) is 11.8 Å². The predicted octanol–water partition coefficient (Wildman–Crippen LogP) is 2.26. The van der Waals surface area contributed by atoms with E-state index >= 15 is 0 Å². The fourth-order valence-electron chi connectivity index (χ4n) is 3.43. The molecule has 1 aliphatic heterocycles. The lowest BCUT2D eigenvalue weighted by Gasteiger charge is -2.32. The number of hydrogen-bond acceptors (Lipinski definition) is 7. The fraction of sp³-hybridized carbons (Fsp3) is 0.556. The van der Waals surface area contributed by atoms with Crippen LogP contribution in [0.4, 0.5) is 6.01 Å². The number of carbonyl (C=O) groups is 1. The second-order valence-electron chi connectivity index (χ2n) is 7.16. The summed E-state index contributed by atoms with van der Waals surface area (Å²) in [6.45, 7) is 3.73. The first-order valence-corrected chi connectivity index (χ1v) is 8.96. The zero-order valence-electron chi connectivity index (χ0n) is 15.1. The minimum Gasteiger partial charge on any atom is -0.480 e. The number of nitrogens with zero attached hydrogens (tertiary/aromatic N) is 4. The summed E-state index contributed by atoms with van der Waals surface area (Å²) in [5, 5.41) is 10.9. The summed E-state index contributed by atoms with van der Waals surface area (Å²) >= 11 is 0. The van der Waals surface area contributed by atoms with Gasteiger partial charge in [0.05, 0.1) is 13.7 Å². The monoisotopic (exact) mass is 357 g/mol. The molecule has 0 unspecified atom stereocenters. The molecule has 3 heterocycles. The molecule has 2 aliphatic rings. The predicted molar refractivity (Wildman–Crippen MR) is 94.8 cm³/mol. The van der Waals surface area contributed by atoms with Gasteiger partial charge in [0, 0.05) is 18.8 Å². The number of hydrogen-bond donors (Lipinski definition) is 1. The van der Waals surface area contributed by atoms with Crippen LogP contribution in [-0.4, -0.2) is 52.7 Å². The number of piperidine rings is 1. The first kappa shape index (κ1) is 16.8. The van der Waals surface area contributed by atoms with E-state index < -0.39 is 0 Å². The molecule has 138 valence electrons. The summed E-state index contributed by atoms with van der Waals surface area (Å²) in [7, 11) is 1.55. The Morgan fingerprint density at radius 3 is 2.73 bits per heavy atom. The second-order valence-corrected chi connectivity index (χ2v) is 7.16. The molecule has 1 saturated heterocycles. The molecule has 0 atom stereocenters. The van der Waals surface area contributed by atoms with Crippen molar-refractivity contribution in [3.8, 4) is 17.3 Å². The van der Waals surface area contributed by atoms with E-state index in [0.717, 1.165) is 31.6 Å². The third-order valence-electron chi connectivity index (χ3n) is 5.37. The van der Waals surface area contributed by atoms with Crippen molar-refractivity contribution in [2.75, 3.05) is 32.1 Å². The van der Waals surface area contributed by atoms with Crippen LogP contribution in [0.2, 0.25) is 0 Å².